The normalized spacial score (nSPS) is 16.9. The van der Waals surface area contributed by atoms with Crippen molar-refractivity contribution >= 4 is 41.9 Å². The summed E-state index contributed by atoms with van der Waals surface area (Å²) in [7, 11) is 0. The van der Waals surface area contributed by atoms with Gasteiger partial charge in [-0.1, -0.05) is 145 Å². The highest BCUT2D eigenvalue weighted by atomic mass is 16.5. The van der Waals surface area contributed by atoms with Crippen LogP contribution >= 0.6 is 0 Å². The first-order valence-corrected chi connectivity index (χ1v) is 23.1. The Kier molecular flexibility index (Phi) is 26.0. The predicted molar refractivity (Wildman–Crippen MR) is 247 cm³/mol. The lowest BCUT2D eigenvalue weighted by Gasteiger charge is -2.18. The smallest absolute Gasteiger partial charge is 0.339 e. The highest BCUT2D eigenvalue weighted by molar-refractivity contribution is 5.99. The van der Waals surface area contributed by atoms with E-state index in [0.29, 0.717) is 30.3 Å². The highest BCUT2D eigenvalue weighted by Crippen LogP contribution is 2.30. The molecule has 0 unspecified atom stereocenters. The zero-order valence-corrected chi connectivity index (χ0v) is 36.8. The molecule has 12 heteroatoms. The van der Waals surface area contributed by atoms with Gasteiger partial charge in [0.05, 0.1) is 16.9 Å². The molecule has 6 rings (SSSR count). The third kappa shape index (κ3) is 21.0. The van der Waals surface area contributed by atoms with Gasteiger partial charge in [0.2, 0.25) is 12.8 Å². The van der Waals surface area contributed by atoms with Gasteiger partial charge in [0.25, 0.3) is 5.91 Å². The van der Waals surface area contributed by atoms with E-state index in [4.69, 9.17) is 15.6 Å². The van der Waals surface area contributed by atoms with Crippen LogP contribution in [0.3, 0.4) is 0 Å². The van der Waals surface area contributed by atoms with Gasteiger partial charge in [-0.3, -0.25) is 19.2 Å². The van der Waals surface area contributed by atoms with Gasteiger partial charge in [-0.25, -0.2) is 4.79 Å². The summed E-state index contributed by atoms with van der Waals surface area (Å²) in [5.74, 6) is -0.938. The zero-order valence-electron chi connectivity index (χ0n) is 36.8. The molecule has 3 fully saturated rings. The summed E-state index contributed by atoms with van der Waals surface area (Å²) in [5, 5.41) is 27.1. The van der Waals surface area contributed by atoms with Gasteiger partial charge < -0.3 is 36.6 Å². The number of aromatic hydroxyl groups is 1. The number of ether oxygens (including phenoxy) is 1. The van der Waals surface area contributed by atoms with Crippen molar-refractivity contribution in [2.24, 2.45) is 5.73 Å². The molecule has 12 nitrogen and oxygen atoms in total. The van der Waals surface area contributed by atoms with Crippen molar-refractivity contribution in [2.75, 3.05) is 10.6 Å². The van der Waals surface area contributed by atoms with Gasteiger partial charge in [0.15, 0.2) is 11.5 Å². The number of para-hydroxylation sites is 2. The van der Waals surface area contributed by atoms with Crippen LogP contribution in [0.25, 0.3) is 0 Å². The number of carbonyl (C=O) groups excluding carboxylic acids is 4. The van der Waals surface area contributed by atoms with E-state index in [1.165, 1.54) is 109 Å². The number of nitrogens with two attached hydrogens (primary N) is 1. The Hall–Kier alpha value is -5.23. The summed E-state index contributed by atoms with van der Waals surface area (Å²) < 4.78 is 5.57. The van der Waals surface area contributed by atoms with E-state index >= 15 is 0 Å². The lowest BCUT2D eigenvalue weighted by molar-refractivity contribution is -0.119. The summed E-state index contributed by atoms with van der Waals surface area (Å²) >= 11 is 0. The lowest BCUT2D eigenvalue weighted by Crippen LogP contribution is -2.34. The van der Waals surface area contributed by atoms with E-state index in [1.807, 2.05) is 30.3 Å². The Labute approximate surface area is 369 Å². The first-order valence-electron chi connectivity index (χ1n) is 23.1. The second kappa shape index (κ2) is 31.6. The maximum Gasteiger partial charge on any atom is 0.339 e. The summed E-state index contributed by atoms with van der Waals surface area (Å²) in [5.41, 5.74) is 7.57. The number of carboxylic acid groups (broad SMARTS) is 1. The van der Waals surface area contributed by atoms with Crippen LogP contribution < -0.4 is 26.4 Å². The Morgan fingerprint density at radius 1 is 0.613 bits per heavy atom. The Balaban J connectivity index is 0.000000234. The fraction of sp³-hybridized carbons (Fsp3) is 0.540. The maximum atomic E-state index is 12.4. The SMILES string of the molecule is NC1CCCCCCCC1.O=C1CCCCCCCC1.O=CNc1cccc(C(=O)NC2CCCCCCCC2)c1O.O=CNc1cccc(C(=O)O)c1OCc1ccccc1. The Bertz CT molecular complexity index is 1720. The van der Waals surface area contributed by atoms with E-state index < -0.39 is 5.97 Å². The van der Waals surface area contributed by atoms with Crippen molar-refractivity contribution in [3.05, 3.63) is 83.4 Å². The van der Waals surface area contributed by atoms with E-state index in [1.54, 1.807) is 30.3 Å². The van der Waals surface area contributed by atoms with Crippen molar-refractivity contribution in [3.8, 4) is 11.5 Å². The quantitative estimate of drug-likeness (QED) is 0.0849. The molecule has 3 aromatic rings. The highest BCUT2D eigenvalue weighted by Gasteiger charge is 2.19. The summed E-state index contributed by atoms with van der Waals surface area (Å²) in [6.45, 7) is 0.221. The molecule has 3 aliphatic rings. The first-order chi connectivity index (χ1) is 30.2. The van der Waals surface area contributed by atoms with Crippen LogP contribution in [-0.4, -0.2) is 52.8 Å². The number of phenols is 1. The predicted octanol–water partition coefficient (Wildman–Crippen LogP) is 10.9. The van der Waals surface area contributed by atoms with Crippen LogP contribution in [0.5, 0.6) is 11.5 Å². The molecule has 0 bridgehead atoms. The lowest BCUT2D eigenvalue weighted by atomic mass is 10.0. The molecule has 0 heterocycles. The number of hydrogen-bond acceptors (Lipinski definition) is 8. The van der Waals surface area contributed by atoms with E-state index in [9.17, 15) is 29.1 Å². The number of hydrogen-bond donors (Lipinski definition) is 6. The molecule has 0 spiro atoms. The number of amides is 3. The zero-order chi connectivity index (χ0) is 44.6. The summed E-state index contributed by atoms with van der Waals surface area (Å²) in [6.07, 6.45) is 30.3. The van der Waals surface area contributed by atoms with E-state index in [2.05, 4.69) is 16.0 Å². The molecule has 0 aliphatic heterocycles. The number of Topliss-reactive ketones (excluding diaryl/α,β-unsaturated/α-hetero) is 1. The number of anilines is 2. The third-order valence-corrected chi connectivity index (χ3v) is 11.4. The summed E-state index contributed by atoms with van der Waals surface area (Å²) in [4.78, 5) is 55.6. The number of nitrogens with one attached hydrogen (secondary N) is 3. The van der Waals surface area contributed by atoms with Crippen molar-refractivity contribution in [1.29, 1.82) is 0 Å². The number of carboxylic acids is 1. The molecule has 3 amide bonds. The third-order valence-electron chi connectivity index (χ3n) is 11.4. The topological polar surface area (TPSA) is 197 Å². The molecule has 3 aliphatic carbocycles. The number of aromatic carboxylic acids is 1. The minimum atomic E-state index is -1.11. The van der Waals surface area contributed by atoms with Gasteiger partial charge in [-0.15, -0.1) is 0 Å². The van der Waals surface area contributed by atoms with Gasteiger partial charge in [-0.05, 0) is 68.4 Å². The Morgan fingerprint density at radius 2 is 1.08 bits per heavy atom. The standard InChI is InChI=1S/C17H24N2O3.C15H13NO4.C9H19N.C9H16O/c20-12-18-15-11-7-10-14(16(15)21)17(22)19-13-8-5-3-1-2-4-6-9-13;17-10-16-13-8-4-7-12(15(18)19)14(13)20-9-11-5-2-1-3-6-11;2*10-9-7-5-3-1-2-4-6-8-9/h7,10-13,21H,1-6,8-9H2,(H,18,20)(H,19,22);1-8,10H,9H2,(H,16,17)(H,18,19);9H,1-8,10H2;1-8H2. The van der Waals surface area contributed by atoms with Crippen molar-refractivity contribution in [3.63, 3.8) is 0 Å². The monoisotopic (exact) mass is 857 g/mol. The second-order valence-corrected chi connectivity index (χ2v) is 16.5. The first kappa shape index (κ1) is 51.1. The molecule has 0 atom stereocenters. The molecule has 0 saturated heterocycles. The maximum absolute atomic E-state index is 12.4. The van der Waals surface area contributed by atoms with Gasteiger partial charge in [-0.2, -0.15) is 0 Å². The summed E-state index contributed by atoms with van der Waals surface area (Å²) in [6, 6.07) is 19.4. The van der Waals surface area contributed by atoms with Crippen molar-refractivity contribution < 1.29 is 38.9 Å². The van der Waals surface area contributed by atoms with Crippen molar-refractivity contribution in [1.82, 2.24) is 5.32 Å². The van der Waals surface area contributed by atoms with Crippen LogP contribution in [0.15, 0.2) is 66.7 Å². The fourth-order valence-corrected chi connectivity index (χ4v) is 7.86. The second-order valence-electron chi connectivity index (χ2n) is 16.5. The molecule has 0 aromatic heterocycles. The number of rotatable bonds is 10. The molecular weight excluding hydrogens is 785 g/mol. The fourth-order valence-electron chi connectivity index (χ4n) is 7.86. The van der Waals surface area contributed by atoms with Gasteiger partial charge in [0, 0.05) is 24.9 Å². The molecule has 3 saturated carbocycles. The van der Waals surface area contributed by atoms with Crippen LogP contribution in [0.2, 0.25) is 0 Å². The average molecular weight is 857 g/mol. The number of carbonyl (C=O) groups is 5. The van der Waals surface area contributed by atoms with Crippen LogP contribution in [0, 0.1) is 0 Å². The molecule has 3 aromatic carbocycles. The van der Waals surface area contributed by atoms with E-state index in [-0.39, 0.29) is 46.9 Å². The molecule has 62 heavy (non-hydrogen) atoms. The number of benzene rings is 3. The van der Waals surface area contributed by atoms with Crippen molar-refractivity contribution in [2.45, 2.75) is 173 Å². The largest absolute Gasteiger partial charge is 0.505 e. The minimum absolute atomic E-state index is 0.00720. The van der Waals surface area contributed by atoms with Crippen LogP contribution in [-0.2, 0) is 21.0 Å². The molecular formula is C50H72N4O8. The minimum Gasteiger partial charge on any atom is -0.505 e. The van der Waals surface area contributed by atoms with Gasteiger partial charge in [0.1, 0.15) is 18.0 Å². The van der Waals surface area contributed by atoms with Gasteiger partial charge >= 0.3 is 5.97 Å². The average Bonchev–Trinajstić information content (AvgIpc) is 3.56. The number of ketones is 1. The Morgan fingerprint density at radius 3 is 1.61 bits per heavy atom. The van der Waals surface area contributed by atoms with E-state index in [0.717, 1.165) is 56.9 Å². The molecule has 340 valence electrons. The molecule has 0 radical (unpaired) electrons. The molecule has 7 N–H and O–H groups in total. The van der Waals surface area contributed by atoms with Crippen LogP contribution in [0.4, 0.5) is 11.4 Å². The number of phenolic OH excluding ortho intramolecular Hbond substituents is 1. The van der Waals surface area contributed by atoms with Crippen LogP contribution in [0.1, 0.15) is 180 Å².